The number of hydrazone groups is 1. The first kappa shape index (κ1) is 18.4. The van der Waals surface area contributed by atoms with Crippen molar-refractivity contribution < 1.29 is 14.0 Å². The fraction of sp³-hybridized carbons (Fsp3) is 0.316. The molecule has 0 aliphatic carbocycles. The Kier molecular flexibility index (Phi) is 5.75. The second kappa shape index (κ2) is 7.79. The lowest BCUT2D eigenvalue weighted by Crippen LogP contribution is -2.35. The molecule has 1 heterocycles. The molecule has 0 aliphatic heterocycles. The highest BCUT2D eigenvalue weighted by atomic mass is 16.3. The van der Waals surface area contributed by atoms with Gasteiger partial charge in [-0.25, -0.2) is 5.43 Å². The maximum atomic E-state index is 11.8. The Morgan fingerprint density at radius 3 is 2.36 bits per heavy atom. The molecule has 0 aliphatic rings. The predicted molar refractivity (Wildman–Crippen MR) is 96.5 cm³/mol. The monoisotopic (exact) mass is 341 g/mol. The lowest BCUT2D eigenvalue weighted by atomic mass is 9.86. The number of nitrogens with zero attached hydrogens (tertiary/aromatic N) is 1. The van der Waals surface area contributed by atoms with Crippen LogP contribution >= 0.6 is 0 Å². The van der Waals surface area contributed by atoms with Crippen LogP contribution in [0, 0.1) is 0 Å². The minimum atomic E-state index is -0.446. The van der Waals surface area contributed by atoms with E-state index in [1.165, 1.54) is 17.9 Å². The molecule has 2 aromatic rings. The highest BCUT2D eigenvalue weighted by molar-refractivity contribution is 5.99. The lowest BCUT2D eigenvalue weighted by Gasteiger charge is -2.19. The van der Waals surface area contributed by atoms with Gasteiger partial charge in [0.2, 0.25) is 0 Å². The molecule has 0 unspecified atom stereocenters. The molecule has 0 bridgehead atoms. The van der Waals surface area contributed by atoms with Gasteiger partial charge in [0.15, 0.2) is 5.76 Å². The standard InChI is InChI=1S/C19H23N3O3/c1-13(14-7-9-15(10-8-14)19(2,3)4)21-22-17(23)12-20-18(24)16-6-5-11-25-16/h5-11H,12H2,1-4H3,(H,20,24)(H,22,23)/b21-13-. The van der Waals surface area contributed by atoms with Crippen LogP contribution < -0.4 is 10.7 Å². The van der Waals surface area contributed by atoms with Gasteiger partial charge in [0.25, 0.3) is 11.8 Å². The third-order valence-corrected chi connectivity index (χ3v) is 3.67. The molecule has 2 N–H and O–H groups in total. The van der Waals surface area contributed by atoms with Crippen LogP contribution in [0.3, 0.4) is 0 Å². The summed E-state index contributed by atoms with van der Waals surface area (Å²) in [5.74, 6) is -0.699. The van der Waals surface area contributed by atoms with Gasteiger partial charge in [-0.2, -0.15) is 5.10 Å². The van der Waals surface area contributed by atoms with E-state index >= 15 is 0 Å². The van der Waals surface area contributed by atoms with Crippen molar-refractivity contribution in [2.24, 2.45) is 5.10 Å². The normalized spacial score (nSPS) is 11.9. The molecular formula is C19H23N3O3. The predicted octanol–water partition coefficient (Wildman–Crippen LogP) is 2.85. The zero-order valence-corrected chi connectivity index (χ0v) is 14.9. The van der Waals surface area contributed by atoms with Crippen molar-refractivity contribution >= 4 is 17.5 Å². The summed E-state index contributed by atoms with van der Waals surface area (Å²) in [7, 11) is 0. The zero-order chi connectivity index (χ0) is 18.4. The van der Waals surface area contributed by atoms with E-state index in [1.807, 2.05) is 19.1 Å². The summed E-state index contributed by atoms with van der Waals surface area (Å²) in [6.07, 6.45) is 1.40. The van der Waals surface area contributed by atoms with Crippen LogP contribution in [0.1, 0.15) is 49.4 Å². The molecule has 0 saturated carbocycles. The molecule has 132 valence electrons. The van der Waals surface area contributed by atoms with E-state index < -0.39 is 11.8 Å². The Labute approximate surface area is 147 Å². The van der Waals surface area contributed by atoms with Crippen LogP contribution in [0.5, 0.6) is 0 Å². The zero-order valence-electron chi connectivity index (χ0n) is 14.9. The number of hydrogen-bond acceptors (Lipinski definition) is 4. The van der Waals surface area contributed by atoms with E-state index in [4.69, 9.17) is 4.42 Å². The van der Waals surface area contributed by atoms with Gasteiger partial charge in [-0.05, 0) is 35.6 Å². The van der Waals surface area contributed by atoms with Crippen molar-refractivity contribution in [2.45, 2.75) is 33.1 Å². The summed E-state index contributed by atoms with van der Waals surface area (Å²) in [5.41, 5.74) is 5.36. The Bertz CT molecular complexity index is 754. The van der Waals surface area contributed by atoms with Crippen molar-refractivity contribution in [3.8, 4) is 0 Å². The van der Waals surface area contributed by atoms with Gasteiger partial charge >= 0.3 is 0 Å². The number of hydrogen-bond donors (Lipinski definition) is 2. The second-order valence-corrected chi connectivity index (χ2v) is 6.72. The van der Waals surface area contributed by atoms with Crippen molar-refractivity contribution in [3.05, 3.63) is 59.5 Å². The van der Waals surface area contributed by atoms with Crippen LogP contribution in [0.25, 0.3) is 0 Å². The molecule has 0 radical (unpaired) electrons. The quantitative estimate of drug-likeness (QED) is 0.648. The molecule has 0 spiro atoms. The van der Waals surface area contributed by atoms with Crippen LogP contribution in [-0.2, 0) is 10.2 Å². The number of furan rings is 1. The number of rotatable bonds is 5. The summed E-state index contributed by atoms with van der Waals surface area (Å²) in [6.45, 7) is 8.09. The summed E-state index contributed by atoms with van der Waals surface area (Å²) in [4.78, 5) is 23.4. The molecular weight excluding hydrogens is 318 g/mol. The van der Waals surface area contributed by atoms with Crippen molar-refractivity contribution in [3.63, 3.8) is 0 Å². The maximum Gasteiger partial charge on any atom is 0.287 e. The fourth-order valence-corrected chi connectivity index (χ4v) is 2.12. The average molecular weight is 341 g/mol. The Morgan fingerprint density at radius 2 is 1.80 bits per heavy atom. The van der Waals surface area contributed by atoms with E-state index in [-0.39, 0.29) is 17.7 Å². The second-order valence-electron chi connectivity index (χ2n) is 6.72. The molecule has 25 heavy (non-hydrogen) atoms. The third-order valence-electron chi connectivity index (χ3n) is 3.67. The van der Waals surface area contributed by atoms with E-state index in [0.29, 0.717) is 5.71 Å². The van der Waals surface area contributed by atoms with Gasteiger partial charge in [0, 0.05) is 0 Å². The molecule has 6 nitrogen and oxygen atoms in total. The number of carbonyl (C=O) groups excluding carboxylic acids is 2. The summed E-state index contributed by atoms with van der Waals surface area (Å²) >= 11 is 0. The van der Waals surface area contributed by atoms with Crippen molar-refractivity contribution in [1.29, 1.82) is 0 Å². The van der Waals surface area contributed by atoms with Crippen molar-refractivity contribution in [2.75, 3.05) is 6.54 Å². The third kappa shape index (κ3) is 5.31. The first-order valence-electron chi connectivity index (χ1n) is 8.03. The minimum absolute atomic E-state index is 0.0873. The molecule has 0 saturated heterocycles. The highest BCUT2D eigenvalue weighted by Crippen LogP contribution is 2.22. The van der Waals surface area contributed by atoms with E-state index in [0.717, 1.165) is 5.56 Å². The molecule has 1 aromatic carbocycles. The Balaban J connectivity index is 1.87. The molecule has 0 fully saturated rings. The smallest absolute Gasteiger partial charge is 0.287 e. The topological polar surface area (TPSA) is 83.7 Å². The molecule has 6 heteroatoms. The minimum Gasteiger partial charge on any atom is -0.459 e. The van der Waals surface area contributed by atoms with Gasteiger partial charge in [0.1, 0.15) is 0 Å². The van der Waals surface area contributed by atoms with Gasteiger partial charge in [-0.3, -0.25) is 9.59 Å². The molecule has 2 amide bonds. The summed E-state index contributed by atoms with van der Waals surface area (Å²) in [6, 6.07) is 11.2. The largest absolute Gasteiger partial charge is 0.459 e. The van der Waals surface area contributed by atoms with E-state index in [9.17, 15) is 9.59 Å². The Hall–Kier alpha value is -2.89. The number of amides is 2. The SMILES string of the molecule is C/C(=N/NC(=O)CNC(=O)c1ccco1)c1ccc(C(C)(C)C)cc1. The number of nitrogens with one attached hydrogen (secondary N) is 2. The Morgan fingerprint density at radius 1 is 1.12 bits per heavy atom. The van der Waals surface area contributed by atoms with Crippen LogP contribution in [0.15, 0.2) is 52.2 Å². The maximum absolute atomic E-state index is 11.8. The van der Waals surface area contributed by atoms with Crippen LogP contribution in [-0.4, -0.2) is 24.1 Å². The fourth-order valence-electron chi connectivity index (χ4n) is 2.12. The summed E-state index contributed by atoms with van der Waals surface area (Å²) in [5, 5.41) is 6.53. The highest BCUT2D eigenvalue weighted by Gasteiger charge is 2.13. The van der Waals surface area contributed by atoms with Crippen LogP contribution in [0.2, 0.25) is 0 Å². The molecule has 1 aromatic heterocycles. The number of carbonyl (C=O) groups is 2. The average Bonchev–Trinajstić information content (AvgIpc) is 3.11. The van der Waals surface area contributed by atoms with E-state index in [2.05, 4.69) is 48.7 Å². The first-order chi connectivity index (χ1) is 11.8. The van der Waals surface area contributed by atoms with Gasteiger partial charge in [-0.1, -0.05) is 45.0 Å². The van der Waals surface area contributed by atoms with Crippen LogP contribution in [0.4, 0.5) is 0 Å². The van der Waals surface area contributed by atoms with Gasteiger partial charge in [0.05, 0.1) is 18.5 Å². The molecule has 0 atom stereocenters. The first-order valence-corrected chi connectivity index (χ1v) is 8.03. The van der Waals surface area contributed by atoms with Gasteiger partial charge < -0.3 is 9.73 Å². The van der Waals surface area contributed by atoms with Gasteiger partial charge in [-0.15, -0.1) is 0 Å². The lowest BCUT2D eigenvalue weighted by molar-refractivity contribution is -0.120. The van der Waals surface area contributed by atoms with E-state index in [1.54, 1.807) is 6.07 Å². The van der Waals surface area contributed by atoms with Crippen molar-refractivity contribution in [1.82, 2.24) is 10.7 Å². The molecule has 2 rings (SSSR count). The number of benzene rings is 1. The summed E-state index contributed by atoms with van der Waals surface area (Å²) < 4.78 is 4.95.